The third-order valence-corrected chi connectivity index (χ3v) is 6.56. The molecule has 0 saturated heterocycles. The van der Waals surface area contributed by atoms with E-state index >= 15 is 0 Å². The third-order valence-electron chi connectivity index (χ3n) is 5.31. The van der Waals surface area contributed by atoms with Crippen molar-refractivity contribution in [1.29, 1.82) is 5.26 Å². The summed E-state index contributed by atoms with van der Waals surface area (Å²) in [5, 5.41) is 17.2. The van der Waals surface area contributed by atoms with Crippen LogP contribution in [0.1, 0.15) is 36.5 Å². The highest BCUT2D eigenvalue weighted by atomic mass is 35.5. The van der Waals surface area contributed by atoms with E-state index in [9.17, 15) is 14.9 Å². The lowest BCUT2D eigenvalue weighted by molar-refractivity contribution is -0.116. The normalized spacial score (nSPS) is 18.4. The van der Waals surface area contributed by atoms with Crippen LogP contribution in [0.5, 0.6) is 0 Å². The van der Waals surface area contributed by atoms with Crippen molar-refractivity contribution < 1.29 is 14.0 Å². The number of nitrogens with one attached hydrogen (secondary N) is 2. The predicted molar refractivity (Wildman–Crippen MR) is 120 cm³/mol. The average molecular weight is 454 g/mol. The molecule has 0 fully saturated rings. The maximum atomic E-state index is 12.7. The number of anilines is 1. The molecule has 2 aromatic rings. The Morgan fingerprint density at radius 3 is 2.97 bits per heavy atom. The fourth-order valence-corrected chi connectivity index (χ4v) is 4.86. The van der Waals surface area contributed by atoms with Gasteiger partial charge in [0.2, 0.25) is 5.91 Å². The minimum atomic E-state index is -0.551. The number of nitriles is 1. The molecular formula is C23H20ClN3O3S. The van der Waals surface area contributed by atoms with Crippen LogP contribution < -0.4 is 10.6 Å². The van der Waals surface area contributed by atoms with Gasteiger partial charge in [0.25, 0.3) is 0 Å². The summed E-state index contributed by atoms with van der Waals surface area (Å²) in [6.45, 7) is 1.89. The van der Waals surface area contributed by atoms with Crippen molar-refractivity contribution in [3.63, 3.8) is 0 Å². The fraction of sp³-hybridized carbons (Fsp3) is 0.261. The molecule has 2 heterocycles. The van der Waals surface area contributed by atoms with Crippen molar-refractivity contribution in [3.05, 3.63) is 74.8 Å². The number of nitrogens with zero attached hydrogens (tertiary/aromatic N) is 1. The topological polar surface area (TPSA) is 95.1 Å². The van der Waals surface area contributed by atoms with E-state index in [1.165, 1.54) is 18.0 Å². The van der Waals surface area contributed by atoms with Gasteiger partial charge in [-0.15, -0.1) is 0 Å². The molecule has 31 heavy (non-hydrogen) atoms. The van der Waals surface area contributed by atoms with E-state index in [-0.39, 0.29) is 17.4 Å². The van der Waals surface area contributed by atoms with Gasteiger partial charge in [-0.05, 0) is 49.6 Å². The maximum absolute atomic E-state index is 12.7. The van der Waals surface area contributed by atoms with Gasteiger partial charge in [0.1, 0.15) is 5.76 Å². The zero-order chi connectivity index (χ0) is 22.0. The van der Waals surface area contributed by atoms with E-state index < -0.39 is 5.92 Å². The molecule has 2 aliphatic rings. The number of aryl methyl sites for hydroxylation is 1. The number of benzene rings is 1. The number of hydrogen-bond donors (Lipinski definition) is 2. The lowest BCUT2D eigenvalue weighted by Gasteiger charge is -2.32. The Morgan fingerprint density at radius 1 is 1.39 bits per heavy atom. The Labute approximate surface area is 189 Å². The lowest BCUT2D eigenvalue weighted by atomic mass is 9.79. The van der Waals surface area contributed by atoms with Gasteiger partial charge in [-0.3, -0.25) is 9.59 Å². The Bertz CT molecular complexity index is 1150. The lowest BCUT2D eigenvalue weighted by Crippen LogP contribution is -2.31. The van der Waals surface area contributed by atoms with Crippen LogP contribution >= 0.6 is 23.4 Å². The molecule has 0 unspecified atom stereocenters. The summed E-state index contributed by atoms with van der Waals surface area (Å²) in [6, 6.07) is 11.1. The molecule has 0 saturated carbocycles. The van der Waals surface area contributed by atoms with E-state index in [0.717, 1.165) is 24.1 Å². The summed E-state index contributed by atoms with van der Waals surface area (Å²) in [4.78, 5) is 25.2. The minimum absolute atomic E-state index is 0.0288. The second kappa shape index (κ2) is 9.04. The molecule has 1 aliphatic carbocycles. The monoisotopic (exact) mass is 453 g/mol. The molecule has 6 nitrogen and oxygen atoms in total. The van der Waals surface area contributed by atoms with Gasteiger partial charge >= 0.3 is 0 Å². The highest BCUT2D eigenvalue weighted by molar-refractivity contribution is 8.03. The molecule has 1 amide bonds. The van der Waals surface area contributed by atoms with Gasteiger partial charge in [0.05, 0.1) is 34.6 Å². The second-order valence-corrected chi connectivity index (χ2v) is 8.82. The number of dihydropyridines is 1. The molecule has 158 valence electrons. The number of thioether (sulfide) groups is 1. The first kappa shape index (κ1) is 21.3. The van der Waals surface area contributed by atoms with Crippen molar-refractivity contribution in [2.45, 2.75) is 32.1 Å². The Balaban J connectivity index is 1.58. The fourth-order valence-electron chi connectivity index (χ4n) is 3.83. The molecule has 1 atom stereocenters. The first-order chi connectivity index (χ1) is 15.0. The van der Waals surface area contributed by atoms with Crippen LogP contribution in [0.2, 0.25) is 5.02 Å². The van der Waals surface area contributed by atoms with Crippen LogP contribution in [0.3, 0.4) is 0 Å². The van der Waals surface area contributed by atoms with Crippen LogP contribution in [0.25, 0.3) is 0 Å². The van der Waals surface area contributed by atoms with Crippen LogP contribution in [0, 0.1) is 18.3 Å². The SMILES string of the molecule is Cc1ccc(Cl)cc1NC(=O)CSC1=C(C#N)[C@H](c2ccco2)C2=C(CCCC2=O)N1. The van der Waals surface area contributed by atoms with Crippen molar-refractivity contribution in [1.82, 2.24) is 5.32 Å². The average Bonchev–Trinajstić information content (AvgIpc) is 3.28. The van der Waals surface area contributed by atoms with Crippen molar-refractivity contribution >= 4 is 40.7 Å². The second-order valence-electron chi connectivity index (χ2n) is 7.39. The number of allylic oxidation sites excluding steroid dienone is 3. The molecule has 8 heteroatoms. The molecule has 2 N–H and O–H groups in total. The molecular weight excluding hydrogens is 434 g/mol. The summed E-state index contributed by atoms with van der Waals surface area (Å²) in [5.74, 6) is -0.0826. The van der Waals surface area contributed by atoms with Crippen LogP contribution in [0.4, 0.5) is 5.69 Å². The van der Waals surface area contributed by atoms with Gasteiger partial charge in [-0.2, -0.15) is 5.26 Å². The Morgan fingerprint density at radius 2 is 2.23 bits per heavy atom. The predicted octanol–water partition coefficient (Wildman–Crippen LogP) is 5.04. The number of carbonyl (C=O) groups is 2. The van der Waals surface area contributed by atoms with E-state index in [4.69, 9.17) is 16.0 Å². The first-order valence-corrected chi connectivity index (χ1v) is 11.2. The minimum Gasteiger partial charge on any atom is -0.468 e. The molecule has 0 radical (unpaired) electrons. The first-order valence-electron chi connectivity index (χ1n) is 9.87. The molecule has 0 bridgehead atoms. The summed E-state index contributed by atoms with van der Waals surface area (Å²) < 4.78 is 5.58. The summed E-state index contributed by atoms with van der Waals surface area (Å²) >= 11 is 7.27. The standard InChI is InChI=1S/C23H20ClN3O3S/c1-13-7-8-14(24)10-17(13)26-20(29)12-31-23-15(11-25)21(19-6-3-9-30-19)22-16(27-23)4-2-5-18(22)28/h3,6-10,21,27H,2,4-5,12H2,1H3,(H,26,29)/t21-/m1/s1. The molecule has 1 aromatic carbocycles. The number of ketones is 1. The molecule has 0 spiro atoms. The van der Waals surface area contributed by atoms with E-state index in [1.54, 1.807) is 24.3 Å². The quantitative estimate of drug-likeness (QED) is 0.658. The summed E-state index contributed by atoms with van der Waals surface area (Å²) in [7, 11) is 0. The van der Waals surface area contributed by atoms with Crippen LogP contribution in [-0.4, -0.2) is 17.4 Å². The van der Waals surface area contributed by atoms with Crippen molar-refractivity contribution in [3.8, 4) is 6.07 Å². The molecule has 1 aromatic heterocycles. The highest BCUT2D eigenvalue weighted by Crippen LogP contribution is 2.44. The van der Waals surface area contributed by atoms with Crippen molar-refractivity contribution in [2.75, 3.05) is 11.1 Å². The Kier molecular flexibility index (Phi) is 6.21. The molecule has 4 rings (SSSR count). The number of carbonyl (C=O) groups excluding carboxylic acids is 2. The van der Waals surface area contributed by atoms with E-state index in [0.29, 0.717) is 39.1 Å². The van der Waals surface area contributed by atoms with Gasteiger partial charge in [-0.25, -0.2) is 0 Å². The third kappa shape index (κ3) is 4.41. The number of halogens is 1. The van der Waals surface area contributed by atoms with Gasteiger partial charge < -0.3 is 15.1 Å². The van der Waals surface area contributed by atoms with Crippen LogP contribution in [0.15, 0.2) is 62.9 Å². The maximum Gasteiger partial charge on any atom is 0.234 e. The summed E-state index contributed by atoms with van der Waals surface area (Å²) in [5.41, 5.74) is 3.36. The summed E-state index contributed by atoms with van der Waals surface area (Å²) in [6.07, 6.45) is 3.46. The number of Topliss-reactive ketones (excluding diaryl/α,β-unsaturated/α-hetero) is 1. The Hall–Kier alpha value is -2.95. The van der Waals surface area contributed by atoms with Crippen LogP contribution in [-0.2, 0) is 9.59 Å². The smallest absolute Gasteiger partial charge is 0.234 e. The van der Waals surface area contributed by atoms with Gasteiger partial charge in [0.15, 0.2) is 5.78 Å². The number of rotatable bonds is 5. The number of amides is 1. The van der Waals surface area contributed by atoms with Crippen molar-refractivity contribution in [2.24, 2.45) is 0 Å². The van der Waals surface area contributed by atoms with E-state index in [1.807, 2.05) is 13.0 Å². The highest BCUT2D eigenvalue weighted by Gasteiger charge is 2.38. The number of hydrogen-bond acceptors (Lipinski definition) is 6. The van der Waals surface area contributed by atoms with Gasteiger partial charge in [-0.1, -0.05) is 29.4 Å². The molecule has 1 aliphatic heterocycles. The number of furan rings is 1. The largest absolute Gasteiger partial charge is 0.468 e. The zero-order valence-electron chi connectivity index (χ0n) is 16.8. The van der Waals surface area contributed by atoms with E-state index in [2.05, 4.69) is 16.7 Å². The zero-order valence-corrected chi connectivity index (χ0v) is 18.4. The van der Waals surface area contributed by atoms with Gasteiger partial charge in [0, 0.05) is 28.4 Å².